The van der Waals surface area contributed by atoms with Gasteiger partial charge in [0.05, 0.1) is 0 Å². The minimum atomic E-state index is -1.05. The van der Waals surface area contributed by atoms with E-state index >= 15 is 0 Å². The summed E-state index contributed by atoms with van der Waals surface area (Å²) in [6, 6.07) is 4.80. The molecule has 1 rings (SSSR count). The van der Waals surface area contributed by atoms with Crippen molar-refractivity contribution in [2.75, 3.05) is 0 Å². The first-order chi connectivity index (χ1) is 8.58. The van der Waals surface area contributed by atoms with E-state index in [0.29, 0.717) is 12.1 Å². The monoisotopic (exact) mass is 267 g/mol. The van der Waals surface area contributed by atoms with E-state index in [1.54, 1.807) is 26.0 Å². The van der Waals surface area contributed by atoms with Crippen molar-refractivity contribution < 1.29 is 14.3 Å². The number of hydrogen-bond acceptors (Lipinski definition) is 2. The van der Waals surface area contributed by atoms with Crippen LogP contribution in [0, 0.1) is 18.2 Å². The van der Waals surface area contributed by atoms with Crippen LogP contribution in [-0.4, -0.2) is 16.6 Å². The van der Waals surface area contributed by atoms with Crippen molar-refractivity contribution in [3.63, 3.8) is 0 Å². The van der Waals surface area contributed by atoms with Gasteiger partial charge in [0, 0.05) is 6.54 Å². The summed E-state index contributed by atoms with van der Waals surface area (Å²) < 4.78 is 13.2. The summed E-state index contributed by atoms with van der Waals surface area (Å²) in [5, 5.41) is 12.5. The molecule has 0 fully saturated rings. The molecular formula is C15H22FNO2. The van der Waals surface area contributed by atoms with E-state index in [0.717, 1.165) is 5.56 Å². The van der Waals surface area contributed by atoms with Gasteiger partial charge in [0.2, 0.25) is 0 Å². The molecule has 19 heavy (non-hydrogen) atoms. The summed E-state index contributed by atoms with van der Waals surface area (Å²) in [5.41, 5.74) is -0.0499. The third kappa shape index (κ3) is 3.32. The molecular weight excluding hydrogens is 245 g/mol. The van der Waals surface area contributed by atoms with Crippen LogP contribution in [0.5, 0.6) is 0 Å². The molecule has 1 atom stereocenters. The fourth-order valence-electron chi connectivity index (χ4n) is 1.76. The van der Waals surface area contributed by atoms with E-state index in [4.69, 9.17) is 0 Å². The van der Waals surface area contributed by atoms with Crippen LogP contribution in [0.25, 0.3) is 0 Å². The molecule has 2 N–H and O–H groups in total. The Morgan fingerprint density at radius 3 is 2.32 bits per heavy atom. The third-order valence-electron chi connectivity index (χ3n) is 3.80. The zero-order valence-electron chi connectivity index (χ0n) is 12.2. The highest BCUT2D eigenvalue weighted by Gasteiger charge is 2.44. The number of carboxylic acids is 1. The number of carbonyl (C=O) groups is 1. The maximum atomic E-state index is 13.2. The lowest BCUT2D eigenvalue weighted by Gasteiger charge is -2.39. The van der Waals surface area contributed by atoms with Crippen molar-refractivity contribution in [1.82, 2.24) is 5.32 Å². The minimum Gasteiger partial charge on any atom is -0.480 e. The van der Waals surface area contributed by atoms with Gasteiger partial charge in [0.1, 0.15) is 11.4 Å². The summed E-state index contributed by atoms with van der Waals surface area (Å²) in [7, 11) is 0. The number of carboxylic acid groups (broad SMARTS) is 1. The molecule has 0 spiro atoms. The van der Waals surface area contributed by atoms with Gasteiger partial charge in [-0.1, -0.05) is 32.9 Å². The smallest absolute Gasteiger partial charge is 0.324 e. The first-order valence-electron chi connectivity index (χ1n) is 6.31. The van der Waals surface area contributed by atoms with Crippen LogP contribution < -0.4 is 5.32 Å². The van der Waals surface area contributed by atoms with Crippen molar-refractivity contribution in [3.8, 4) is 0 Å². The van der Waals surface area contributed by atoms with E-state index in [-0.39, 0.29) is 5.82 Å². The number of benzene rings is 1. The summed E-state index contributed by atoms with van der Waals surface area (Å²) in [5.74, 6) is -1.14. The first-order valence-corrected chi connectivity index (χ1v) is 6.31. The quantitative estimate of drug-likeness (QED) is 0.881. The highest BCUT2D eigenvalue weighted by molar-refractivity contribution is 5.79. The third-order valence-corrected chi connectivity index (χ3v) is 3.80. The second-order valence-corrected chi connectivity index (χ2v) is 6.12. The van der Waals surface area contributed by atoms with E-state index in [2.05, 4.69) is 5.32 Å². The zero-order valence-corrected chi connectivity index (χ0v) is 12.2. The highest BCUT2D eigenvalue weighted by atomic mass is 19.1. The van der Waals surface area contributed by atoms with Gasteiger partial charge in [-0.2, -0.15) is 0 Å². The van der Waals surface area contributed by atoms with E-state index < -0.39 is 16.9 Å². The van der Waals surface area contributed by atoms with Gasteiger partial charge < -0.3 is 5.11 Å². The van der Waals surface area contributed by atoms with Crippen LogP contribution in [0.3, 0.4) is 0 Å². The molecule has 106 valence electrons. The predicted octanol–water partition coefficient (Wildman–Crippen LogP) is 3.11. The lowest BCUT2D eigenvalue weighted by Crippen LogP contribution is -2.58. The fourth-order valence-corrected chi connectivity index (χ4v) is 1.76. The van der Waals surface area contributed by atoms with Gasteiger partial charge in [-0.15, -0.1) is 0 Å². The Bertz CT molecular complexity index is 480. The summed E-state index contributed by atoms with van der Waals surface area (Å²) >= 11 is 0. The number of nitrogens with one attached hydrogen (secondary N) is 1. The Labute approximate surface area is 113 Å². The normalized spacial score (nSPS) is 15.1. The number of aliphatic carboxylic acids is 1. The van der Waals surface area contributed by atoms with E-state index in [1.807, 2.05) is 20.8 Å². The average Bonchev–Trinajstić information content (AvgIpc) is 2.28. The first kappa shape index (κ1) is 15.6. The Morgan fingerprint density at radius 2 is 1.89 bits per heavy atom. The molecule has 1 unspecified atom stereocenters. The Morgan fingerprint density at radius 1 is 1.32 bits per heavy atom. The molecule has 0 amide bonds. The summed E-state index contributed by atoms with van der Waals surface area (Å²) in [4.78, 5) is 11.5. The van der Waals surface area contributed by atoms with E-state index in [9.17, 15) is 14.3 Å². The Hall–Kier alpha value is -1.42. The molecule has 0 aliphatic heterocycles. The lowest BCUT2D eigenvalue weighted by molar-refractivity contribution is -0.149. The molecule has 0 saturated heterocycles. The van der Waals surface area contributed by atoms with Crippen LogP contribution in [-0.2, 0) is 11.3 Å². The second-order valence-electron chi connectivity index (χ2n) is 6.12. The lowest BCUT2D eigenvalue weighted by atomic mass is 9.74. The van der Waals surface area contributed by atoms with Gasteiger partial charge in [-0.25, -0.2) is 4.39 Å². The molecule has 0 aliphatic rings. The summed E-state index contributed by atoms with van der Waals surface area (Å²) in [6.07, 6.45) is 0. The second kappa shape index (κ2) is 5.29. The van der Waals surface area contributed by atoms with Crippen LogP contribution in [0.2, 0.25) is 0 Å². The van der Waals surface area contributed by atoms with E-state index in [1.165, 1.54) is 6.07 Å². The van der Waals surface area contributed by atoms with Crippen molar-refractivity contribution >= 4 is 5.97 Å². The molecule has 0 heterocycles. The van der Waals surface area contributed by atoms with Gasteiger partial charge in [0.15, 0.2) is 0 Å². The maximum absolute atomic E-state index is 13.2. The fraction of sp³-hybridized carbons (Fsp3) is 0.533. The van der Waals surface area contributed by atoms with Crippen LogP contribution in [0.4, 0.5) is 4.39 Å². The minimum absolute atomic E-state index is 0.249. The largest absolute Gasteiger partial charge is 0.480 e. The molecule has 1 aromatic carbocycles. The average molecular weight is 267 g/mol. The molecule has 4 heteroatoms. The Kier molecular flexibility index (Phi) is 4.35. The topological polar surface area (TPSA) is 49.3 Å². The van der Waals surface area contributed by atoms with Gasteiger partial charge >= 0.3 is 5.97 Å². The molecule has 1 aromatic rings. The van der Waals surface area contributed by atoms with Gasteiger partial charge in [0.25, 0.3) is 0 Å². The number of hydrogen-bond donors (Lipinski definition) is 2. The van der Waals surface area contributed by atoms with Crippen LogP contribution in [0.15, 0.2) is 18.2 Å². The SMILES string of the molecule is Cc1cc(CNC(C)(C(=O)O)C(C)(C)C)ccc1F. The maximum Gasteiger partial charge on any atom is 0.324 e. The molecule has 0 radical (unpaired) electrons. The Balaban J connectivity index is 2.89. The number of halogens is 1. The number of rotatable bonds is 4. The van der Waals surface area contributed by atoms with Crippen LogP contribution in [0.1, 0.15) is 38.8 Å². The van der Waals surface area contributed by atoms with Crippen molar-refractivity contribution in [2.24, 2.45) is 5.41 Å². The van der Waals surface area contributed by atoms with Crippen LogP contribution >= 0.6 is 0 Å². The van der Waals surface area contributed by atoms with Gasteiger partial charge in [-0.05, 0) is 36.5 Å². The van der Waals surface area contributed by atoms with Gasteiger partial charge in [-0.3, -0.25) is 10.1 Å². The standard InChI is InChI=1S/C15H22FNO2/c1-10-8-11(6-7-12(10)16)9-17-15(5,13(18)19)14(2,3)4/h6-8,17H,9H2,1-5H3,(H,18,19). The molecule has 3 nitrogen and oxygen atoms in total. The predicted molar refractivity (Wildman–Crippen MR) is 73.5 cm³/mol. The molecule has 0 aliphatic carbocycles. The van der Waals surface area contributed by atoms with Crippen molar-refractivity contribution in [2.45, 2.75) is 46.7 Å². The molecule has 0 aromatic heterocycles. The number of aryl methyl sites for hydroxylation is 1. The molecule has 0 bridgehead atoms. The van der Waals surface area contributed by atoms with Crippen molar-refractivity contribution in [3.05, 3.63) is 35.1 Å². The van der Waals surface area contributed by atoms with Crippen molar-refractivity contribution in [1.29, 1.82) is 0 Å². The highest BCUT2D eigenvalue weighted by Crippen LogP contribution is 2.30. The molecule has 0 saturated carbocycles. The summed E-state index contributed by atoms with van der Waals surface area (Å²) in [6.45, 7) is 9.39. The zero-order chi connectivity index (χ0) is 14.8.